The van der Waals surface area contributed by atoms with Gasteiger partial charge in [-0.25, -0.2) is 0 Å². The summed E-state index contributed by atoms with van der Waals surface area (Å²) in [5, 5.41) is 12.0. The molecule has 0 bridgehead atoms. The van der Waals surface area contributed by atoms with Gasteiger partial charge in [0.25, 0.3) is 0 Å². The van der Waals surface area contributed by atoms with Crippen molar-refractivity contribution in [3.8, 4) is 21.7 Å². The van der Waals surface area contributed by atoms with Crippen LogP contribution in [-0.4, -0.2) is 15.9 Å². The Balaban J connectivity index is 0.000000385. The number of hydrogen-bond donors (Lipinski definition) is 1. The Hall–Kier alpha value is -3.32. The van der Waals surface area contributed by atoms with Gasteiger partial charge in [0.15, 0.2) is 5.78 Å². The molecule has 0 amide bonds. The number of aromatic nitrogens is 1. The van der Waals surface area contributed by atoms with Crippen LogP contribution >= 0.6 is 11.3 Å². The minimum atomic E-state index is -4.51. The van der Waals surface area contributed by atoms with E-state index in [1.54, 1.807) is 0 Å². The summed E-state index contributed by atoms with van der Waals surface area (Å²) in [4.78, 5) is 17.1. The maximum absolute atomic E-state index is 14.4. The van der Waals surface area contributed by atoms with Crippen molar-refractivity contribution in [1.82, 2.24) is 4.98 Å². The topological polar surface area (TPSA) is 50.2 Å². The third kappa shape index (κ3) is 10.1. The number of alkyl halides is 3. The van der Waals surface area contributed by atoms with Crippen LogP contribution in [0.25, 0.3) is 42.6 Å². The smallest absolute Gasteiger partial charge is 0.418 e. The van der Waals surface area contributed by atoms with Gasteiger partial charge in [0, 0.05) is 64.9 Å². The van der Waals surface area contributed by atoms with E-state index in [0.29, 0.717) is 21.9 Å². The first-order valence-corrected chi connectivity index (χ1v) is 21.3. The minimum Gasteiger partial charge on any atom is -0.512 e. The molecule has 8 heteroatoms. The average Bonchev–Trinajstić information content (AvgIpc) is 3.80. The second-order valence-corrected chi connectivity index (χ2v) is 17.7. The summed E-state index contributed by atoms with van der Waals surface area (Å²) in [6, 6.07) is 18.2. The van der Waals surface area contributed by atoms with Crippen molar-refractivity contribution in [2.75, 3.05) is 0 Å². The van der Waals surface area contributed by atoms with Crippen LogP contribution in [0.15, 0.2) is 60.5 Å². The fourth-order valence-corrected chi connectivity index (χ4v) is 10.0. The fourth-order valence-electron chi connectivity index (χ4n) is 8.51. The number of aliphatic hydroxyl groups is 1. The van der Waals surface area contributed by atoms with Crippen molar-refractivity contribution >= 4 is 38.0 Å². The SMILES string of the molecule is CCC(CC)C(=O)/C=C(\O)C(CC)CC.Cc1cc(C2CCCC2)cc(C)c1-c1sc2c(-c3[c-]c4ccccc4c(C(C)(C)C)c3)ncc(C(F)(F)F)c2c1C.[Ir]. The molecule has 57 heavy (non-hydrogen) atoms. The molecule has 3 aromatic carbocycles. The maximum atomic E-state index is 14.4. The van der Waals surface area contributed by atoms with Crippen LogP contribution < -0.4 is 0 Å². The van der Waals surface area contributed by atoms with Gasteiger partial charge in [-0.15, -0.1) is 40.5 Å². The average molecular weight is 975 g/mol. The van der Waals surface area contributed by atoms with E-state index in [9.17, 15) is 23.1 Å². The first-order valence-electron chi connectivity index (χ1n) is 20.5. The van der Waals surface area contributed by atoms with Gasteiger partial charge in [-0.2, -0.15) is 13.2 Å². The molecule has 0 aliphatic heterocycles. The molecule has 1 fully saturated rings. The zero-order valence-electron chi connectivity index (χ0n) is 35.3. The number of benzene rings is 3. The van der Waals surface area contributed by atoms with Crippen molar-refractivity contribution in [2.45, 2.75) is 138 Å². The molecular formula is C49H59F3IrNO2S-. The first kappa shape index (κ1) is 46.4. The molecule has 309 valence electrons. The molecule has 1 N–H and O–H groups in total. The van der Waals surface area contributed by atoms with E-state index in [1.807, 2.05) is 52.8 Å². The van der Waals surface area contributed by atoms with Crippen LogP contribution in [0.3, 0.4) is 0 Å². The van der Waals surface area contributed by atoms with Crippen LogP contribution in [0.2, 0.25) is 0 Å². The Morgan fingerprint density at radius 1 is 0.912 bits per heavy atom. The molecule has 2 heterocycles. The number of fused-ring (bicyclic) bond motifs is 2. The summed E-state index contributed by atoms with van der Waals surface area (Å²) in [5.74, 6) is 1.13. The molecule has 1 saturated carbocycles. The van der Waals surface area contributed by atoms with E-state index >= 15 is 0 Å². The van der Waals surface area contributed by atoms with Crippen molar-refractivity contribution in [3.63, 3.8) is 0 Å². The van der Waals surface area contributed by atoms with Crippen molar-refractivity contribution in [3.05, 3.63) is 99.9 Å². The number of rotatable bonds is 10. The quantitative estimate of drug-likeness (QED) is 0.0862. The Bertz CT molecular complexity index is 2190. The van der Waals surface area contributed by atoms with Gasteiger partial charge in [0.2, 0.25) is 0 Å². The largest absolute Gasteiger partial charge is 0.512 e. The predicted molar refractivity (Wildman–Crippen MR) is 230 cm³/mol. The van der Waals surface area contributed by atoms with Crippen LogP contribution in [0.4, 0.5) is 13.2 Å². The summed E-state index contributed by atoms with van der Waals surface area (Å²) >= 11 is 1.43. The van der Waals surface area contributed by atoms with Crippen LogP contribution in [0.5, 0.6) is 0 Å². The van der Waals surface area contributed by atoms with Gasteiger partial charge in [-0.1, -0.05) is 103 Å². The van der Waals surface area contributed by atoms with Gasteiger partial charge in [-0.05, 0) is 98.4 Å². The van der Waals surface area contributed by atoms with E-state index in [0.717, 1.165) is 75.3 Å². The second-order valence-electron chi connectivity index (χ2n) is 16.7. The third-order valence-corrected chi connectivity index (χ3v) is 13.1. The molecule has 6 rings (SSSR count). The number of aliphatic hydroxyl groups excluding tert-OH is 1. The Labute approximate surface area is 355 Å². The molecule has 2 aromatic heterocycles. The number of carbonyl (C=O) groups excluding carboxylic acids is 1. The molecule has 5 aromatic rings. The van der Waals surface area contributed by atoms with E-state index in [4.69, 9.17) is 0 Å². The molecule has 3 nitrogen and oxygen atoms in total. The van der Waals surface area contributed by atoms with Gasteiger partial charge in [0.05, 0.1) is 11.3 Å². The van der Waals surface area contributed by atoms with E-state index in [-0.39, 0.29) is 54.3 Å². The van der Waals surface area contributed by atoms with Gasteiger partial charge >= 0.3 is 6.18 Å². The van der Waals surface area contributed by atoms with Crippen LogP contribution in [-0.2, 0) is 36.5 Å². The standard InChI is InChI=1S/C36H35F3NS.C13H24O2.Ir/c1-20-15-25(23-11-7-8-12-23)16-21(2)30(20)33-22(3)31-29(36(37,38)39)19-40-32(34(31)41-33)26-17-24-13-9-10-14-27(24)28(18-26)35(4,5)6;1-5-10(6-2)12(14)9-13(15)11(7-3)8-4;/h9-10,13-16,18-19,23H,7-8,11-12H2,1-6H3;9-11,14H,5-8H2,1-4H3;/q-1;;/b;12-9-;. The zero-order chi connectivity index (χ0) is 41.1. The molecule has 0 saturated heterocycles. The predicted octanol–water partition coefficient (Wildman–Crippen LogP) is 15.4. The Morgan fingerprint density at radius 2 is 1.49 bits per heavy atom. The monoisotopic (exact) mass is 975 g/mol. The van der Waals surface area contributed by atoms with Crippen molar-refractivity contribution in [2.24, 2.45) is 11.8 Å². The summed E-state index contributed by atoms with van der Waals surface area (Å²) in [6.45, 7) is 20.6. The summed E-state index contributed by atoms with van der Waals surface area (Å²) in [5.41, 5.74) is 6.88. The van der Waals surface area contributed by atoms with E-state index in [1.165, 1.54) is 48.7 Å². The Morgan fingerprint density at radius 3 is 2.04 bits per heavy atom. The number of ketones is 1. The Kier molecular flexibility index (Phi) is 15.6. The summed E-state index contributed by atoms with van der Waals surface area (Å²) < 4.78 is 43.8. The van der Waals surface area contributed by atoms with Crippen LogP contribution in [0.1, 0.15) is 139 Å². The van der Waals surface area contributed by atoms with Gasteiger partial charge in [0.1, 0.15) is 0 Å². The number of aryl methyl sites for hydroxylation is 3. The summed E-state index contributed by atoms with van der Waals surface area (Å²) in [6.07, 6.45) is 6.36. The maximum Gasteiger partial charge on any atom is 0.418 e. The fraction of sp³-hybridized carbons (Fsp3) is 0.469. The number of hydrogen-bond acceptors (Lipinski definition) is 4. The molecule has 1 aliphatic rings. The molecule has 1 aliphatic carbocycles. The van der Waals surface area contributed by atoms with Gasteiger partial charge in [-0.3, -0.25) is 9.78 Å². The van der Waals surface area contributed by atoms with Crippen LogP contribution in [0, 0.1) is 38.7 Å². The summed E-state index contributed by atoms with van der Waals surface area (Å²) in [7, 11) is 0. The zero-order valence-corrected chi connectivity index (χ0v) is 38.5. The number of halogens is 3. The number of nitrogens with zero attached hydrogens (tertiary/aromatic N) is 1. The van der Waals surface area contributed by atoms with E-state index in [2.05, 4.69) is 69.9 Å². The number of pyridine rings is 1. The minimum absolute atomic E-state index is 0. The molecular weight excluding hydrogens is 916 g/mol. The molecule has 0 unspecified atom stereocenters. The number of allylic oxidation sites excluding steroid dienone is 2. The van der Waals surface area contributed by atoms with Crippen molar-refractivity contribution < 1.29 is 43.2 Å². The number of thiophene rings is 1. The van der Waals surface area contributed by atoms with Gasteiger partial charge < -0.3 is 5.11 Å². The first-order chi connectivity index (χ1) is 26.4. The normalized spacial score (nSPS) is 14.1. The number of carbonyl (C=O) groups is 1. The van der Waals surface area contributed by atoms with Crippen molar-refractivity contribution in [1.29, 1.82) is 0 Å². The molecule has 0 atom stereocenters. The second kappa shape index (κ2) is 19.2. The third-order valence-electron chi connectivity index (χ3n) is 11.8. The molecule has 1 radical (unpaired) electrons. The molecule has 0 spiro atoms. The van der Waals surface area contributed by atoms with E-state index < -0.39 is 11.7 Å².